The Morgan fingerprint density at radius 1 is 1.18 bits per heavy atom. The zero-order valence-corrected chi connectivity index (χ0v) is 13.3. The van der Waals surface area contributed by atoms with Gasteiger partial charge in [-0.05, 0) is 36.9 Å². The third-order valence-corrected chi connectivity index (χ3v) is 4.07. The van der Waals surface area contributed by atoms with Crippen molar-refractivity contribution in [3.05, 3.63) is 54.1 Å². The van der Waals surface area contributed by atoms with Crippen LogP contribution in [0.1, 0.15) is 17.3 Å². The lowest BCUT2D eigenvalue weighted by molar-refractivity contribution is 0.0526. The van der Waals surface area contributed by atoms with Gasteiger partial charge in [0.15, 0.2) is 5.09 Å². The fraction of sp³-hybridized carbons (Fsp3) is 0.167. The number of esters is 1. The molecule has 4 heteroatoms. The third kappa shape index (κ3) is 2.62. The van der Waals surface area contributed by atoms with Crippen molar-refractivity contribution >= 4 is 28.7 Å². The van der Waals surface area contributed by atoms with E-state index in [1.54, 1.807) is 24.8 Å². The molecule has 0 bridgehead atoms. The van der Waals surface area contributed by atoms with Crippen LogP contribution in [0.5, 0.6) is 0 Å². The largest absolute Gasteiger partial charge is 0.462 e. The van der Waals surface area contributed by atoms with E-state index >= 15 is 0 Å². The van der Waals surface area contributed by atoms with Gasteiger partial charge in [-0.1, -0.05) is 42.1 Å². The van der Waals surface area contributed by atoms with E-state index in [0.29, 0.717) is 12.2 Å². The van der Waals surface area contributed by atoms with Crippen LogP contribution >= 0.6 is 11.8 Å². The average Bonchev–Trinajstić information content (AvgIpc) is 2.93. The van der Waals surface area contributed by atoms with Gasteiger partial charge in [0.05, 0.1) is 12.2 Å². The van der Waals surface area contributed by atoms with Crippen molar-refractivity contribution in [3.63, 3.8) is 0 Å². The monoisotopic (exact) mass is 312 g/mol. The Balaban J connectivity index is 2.20. The predicted molar refractivity (Wildman–Crippen MR) is 89.4 cm³/mol. The summed E-state index contributed by atoms with van der Waals surface area (Å²) in [5, 5.41) is 1.78. The number of ether oxygens (including phenoxy) is 1. The van der Waals surface area contributed by atoms with Crippen molar-refractivity contribution in [1.29, 1.82) is 0 Å². The second kappa shape index (κ2) is 6.28. The zero-order valence-electron chi connectivity index (χ0n) is 12.5. The third-order valence-electron chi connectivity index (χ3n) is 3.41. The first-order valence-corrected chi connectivity index (χ1v) is 8.30. The van der Waals surface area contributed by atoms with E-state index in [0.717, 1.165) is 27.2 Å². The lowest BCUT2D eigenvalue weighted by Crippen LogP contribution is -2.03. The first-order valence-electron chi connectivity index (χ1n) is 7.07. The Bertz CT molecular complexity index is 806. The number of fused-ring (bicyclic) bond motifs is 1. The minimum atomic E-state index is -0.310. The summed E-state index contributed by atoms with van der Waals surface area (Å²) < 4.78 is 11.0. The van der Waals surface area contributed by atoms with Crippen LogP contribution in [-0.2, 0) is 4.74 Å². The summed E-state index contributed by atoms with van der Waals surface area (Å²) >= 11 is 1.56. The first-order chi connectivity index (χ1) is 10.7. The van der Waals surface area contributed by atoms with Crippen molar-refractivity contribution in [1.82, 2.24) is 0 Å². The molecule has 0 amide bonds. The standard InChI is InChI=1S/C18H16O3S/c1-3-20-17(19)13-9-10-15-14(11-13)16(18(21-15)22-2)12-7-5-4-6-8-12/h4-11H,3H2,1-2H3. The molecule has 3 rings (SSSR count). The Kier molecular flexibility index (Phi) is 4.20. The summed E-state index contributed by atoms with van der Waals surface area (Å²) in [6.45, 7) is 2.17. The highest BCUT2D eigenvalue weighted by atomic mass is 32.2. The minimum absolute atomic E-state index is 0.310. The van der Waals surface area contributed by atoms with Crippen LogP contribution in [0.2, 0.25) is 0 Å². The molecule has 3 nitrogen and oxygen atoms in total. The molecule has 3 aromatic rings. The number of thioether (sulfide) groups is 1. The molecule has 0 saturated heterocycles. The van der Waals surface area contributed by atoms with Crippen LogP contribution in [0.25, 0.3) is 22.1 Å². The highest BCUT2D eigenvalue weighted by Gasteiger charge is 2.17. The van der Waals surface area contributed by atoms with Gasteiger partial charge in [-0.15, -0.1) is 0 Å². The summed E-state index contributed by atoms with van der Waals surface area (Å²) in [5.74, 6) is -0.310. The minimum Gasteiger partial charge on any atom is -0.462 e. The molecule has 22 heavy (non-hydrogen) atoms. The normalized spacial score (nSPS) is 10.8. The number of carbonyl (C=O) groups is 1. The highest BCUT2D eigenvalue weighted by Crippen LogP contribution is 2.39. The van der Waals surface area contributed by atoms with Crippen molar-refractivity contribution in [2.45, 2.75) is 12.0 Å². The summed E-state index contributed by atoms with van der Waals surface area (Å²) in [6, 6.07) is 15.5. The number of furan rings is 1. The van der Waals surface area contributed by atoms with Crippen LogP contribution in [0.15, 0.2) is 58.0 Å². The van der Waals surface area contributed by atoms with Crippen LogP contribution in [0.4, 0.5) is 0 Å². The smallest absolute Gasteiger partial charge is 0.338 e. The summed E-state index contributed by atoms with van der Waals surface area (Å²) in [5.41, 5.74) is 3.41. The number of benzene rings is 2. The molecule has 0 saturated carbocycles. The van der Waals surface area contributed by atoms with Crippen LogP contribution < -0.4 is 0 Å². The van der Waals surface area contributed by atoms with Gasteiger partial charge in [-0.25, -0.2) is 4.79 Å². The average molecular weight is 312 g/mol. The maximum atomic E-state index is 12.0. The molecule has 1 aromatic heterocycles. The van der Waals surface area contributed by atoms with Gasteiger partial charge < -0.3 is 9.15 Å². The van der Waals surface area contributed by atoms with E-state index in [-0.39, 0.29) is 5.97 Å². The zero-order chi connectivity index (χ0) is 15.5. The number of hydrogen-bond donors (Lipinski definition) is 0. The Hall–Kier alpha value is -2.20. The molecule has 0 aliphatic rings. The molecule has 0 spiro atoms. The topological polar surface area (TPSA) is 39.4 Å². The molecule has 2 aromatic carbocycles. The van der Waals surface area contributed by atoms with Crippen molar-refractivity contribution in [2.75, 3.05) is 12.9 Å². The maximum Gasteiger partial charge on any atom is 0.338 e. The van der Waals surface area contributed by atoms with E-state index in [9.17, 15) is 4.79 Å². The first kappa shape index (κ1) is 14.7. The van der Waals surface area contributed by atoms with E-state index < -0.39 is 0 Å². The molecule has 112 valence electrons. The van der Waals surface area contributed by atoms with Gasteiger partial charge >= 0.3 is 5.97 Å². The lowest BCUT2D eigenvalue weighted by Gasteiger charge is -2.03. The molecule has 0 radical (unpaired) electrons. The maximum absolute atomic E-state index is 12.0. The Labute approximate surface area is 133 Å². The fourth-order valence-corrected chi connectivity index (χ4v) is 3.04. The van der Waals surface area contributed by atoms with Crippen LogP contribution in [0, 0.1) is 0 Å². The van der Waals surface area contributed by atoms with E-state index in [1.807, 2.05) is 48.7 Å². The van der Waals surface area contributed by atoms with Crippen LogP contribution in [0.3, 0.4) is 0 Å². The van der Waals surface area contributed by atoms with Gasteiger partial charge in [0, 0.05) is 10.9 Å². The van der Waals surface area contributed by atoms with E-state index in [2.05, 4.69) is 0 Å². The molecular formula is C18H16O3S. The molecule has 0 aliphatic heterocycles. The van der Waals surface area contributed by atoms with Gasteiger partial charge in [-0.3, -0.25) is 0 Å². The van der Waals surface area contributed by atoms with Crippen molar-refractivity contribution in [3.8, 4) is 11.1 Å². The molecule has 0 aliphatic carbocycles. The lowest BCUT2D eigenvalue weighted by atomic mass is 10.0. The number of hydrogen-bond acceptors (Lipinski definition) is 4. The molecule has 0 fully saturated rings. The van der Waals surface area contributed by atoms with E-state index in [4.69, 9.17) is 9.15 Å². The molecular weight excluding hydrogens is 296 g/mol. The second-order valence-electron chi connectivity index (χ2n) is 4.77. The van der Waals surface area contributed by atoms with Gasteiger partial charge in [0.25, 0.3) is 0 Å². The SMILES string of the molecule is CCOC(=O)c1ccc2oc(SC)c(-c3ccccc3)c2c1. The quantitative estimate of drug-likeness (QED) is 0.502. The van der Waals surface area contributed by atoms with E-state index in [1.165, 1.54) is 0 Å². The van der Waals surface area contributed by atoms with Crippen molar-refractivity contribution in [2.24, 2.45) is 0 Å². The molecule has 0 N–H and O–H groups in total. The predicted octanol–water partition coefficient (Wildman–Crippen LogP) is 5.00. The fourth-order valence-electron chi connectivity index (χ4n) is 2.44. The Morgan fingerprint density at radius 3 is 2.64 bits per heavy atom. The molecule has 1 heterocycles. The number of carbonyl (C=O) groups excluding carboxylic acids is 1. The highest BCUT2D eigenvalue weighted by molar-refractivity contribution is 7.98. The number of rotatable bonds is 4. The van der Waals surface area contributed by atoms with Crippen molar-refractivity contribution < 1.29 is 13.9 Å². The summed E-state index contributed by atoms with van der Waals surface area (Å²) in [6.07, 6.45) is 1.98. The Morgan fingerprint density at radius 2 is 1.95 bits per heavy atom. The van der Waals surface area contributed by atoms with Gasteiger partial charge in [0.1, 0.15) is 5.58 Å². The second-order valence-corrected chi connectivity index (χ2v) is 5.55. The summed E-state index contributed by atoms with van der Waals surface area (Å²) in [4.78, 5) is 12.0. The van der Waals surface area contributed by atoms with Crippen LogP contribution in [-0.4, -0.2) is 18.8 Å². The van der Waals surface area contributed by atoms with Gasteiger partial charge in [0.2, 0.25) is 0 Å². The molecule has 0 atom stereocenters. The summed E-state index contributed by atoms with van der Waals surface area (Å²) in [7, 11) is 0. The van der Waals surface area contributed by atoms with Gasteiger partial charge in [-0.2, -0.15) is 0 Å². The molecule has 0 unspecified atom stereocenters.